The smallest absolute Gasteiger partial charge is 0.141 e. The zero-order chi connectivity index (χ0) is 12.3. The Morgan fingerprint density at radius 3 is 2.94 bits per heavy atom. The Balaban J connectivity index is 2.12. The molecule has 0 radical (unpaired) electrons. The largest absolute Gasteiger partial charge is 0.312 e. The first-order valence-corrected chi connectivity index (χ1v) is 6.14. The monoisotopic (exact) mass is 229 g/mol. The molecule has 90 valence electrons. The lowest BCUT2D eigenvalue weighted by atomic mass is 9.86. The molecule has 0 amide bonds. The fourth-order valence-electron chi connectivity index (χ4n) is 2.29. The molecule has 1 aliphatic rings. The van der Waals surface area contributed by atoms with Gasteiger partial charge in [-0.2, -0.15) is 0 Å². The van der Waals surface area contributed by atoms with E-state index in [0.29, 0.717) is 12.2 Å². The third kappa shape index (κ3) is 2.83. The molecule has 0 fully saturated rings. The second-order valence-corrected chi connectivity index (χ2v) is 4.81. The van der Waals surface area contributed by atoms with Crippen LogP contribution in [0, 0.1) is 0 Å². The number of hydrogen-bond acceptors (Lipinski definition) is 2. The van der Waals surface area contributed by atoms with E-state index in [1.165, 1.54) is 11.1 Å². The van der Waals surface area contributed by atoms with Gasteiger partial charge in [-0.05, 0) is 24.5 Å². The van der Waals surface area contributed by atoms with E-state index in [0.717, 1.165) is 25.1 Å². The maximum absolute atomic E-state index is 12.2. The van der Waals surface area contributed by atoms with Gasteiger partial charge in [0, 0.05) is 19.5 Å². The van der Waals surface area contributed by atoms with Crippen molar-refractivity contribution in [3.05, 3.63) is 47.5 Å². The van der Waals surface area contributed by atoms with Crippen LogP contribution in [-0.4, -0.2) is 12.3 Å². The maximum atomic E-state index is 12.2. The van der Waals surface area contributed by atoms with Crippen LogP contribution >= 0.6 is 0 Å². The number of allylic oxidation sites excluding steroid dienone is 1. The molecule has 1 atom stereocenters. The second kappa shape index (κ2) is 5.28. The topological polar surface area (TPSA) is 29.1 Å². The molecule has 2 heteroatoms. The normalized spacial score (nSPS) is 18.5. The van der Waals surface area contributed by atoms with Gasteiger partial charge in [0.05, 0.1) is 5.92 Å². The lowest BCUT2D eigenvalue weighted by molar-refractivity contribution is -0.120. The summed E-state index contributed by atoms with van der Waals surface area (Å²) < 4.78 is 0. The number of carbonyl (C=O) groups is 1. The van der Waals surface area contributed by atoms with Crippen LogP contribution in [0.1, 0.15) is 36.8 Å². The molecule has 17 heavy (non-hydrogen) atoms. The molecule has 0 saturated heterocycles. The van der Waals surface area contributed by atoms with Crippen LogP contribution in [-0.2, 0) is 11.3 Å². The van der Waals surface area contributed by atoms with Crippen molar-refractivity contribution in [1.82, 2.24) is 5.32 Å². The predicted octanol–water partition coefficient (Wildman–Crippen LogP) is 2.80. The maximum Gasteiger partial charge on any atom is 0.141 e. The lowest BCUT2D eigenvalue weighted by Crippen LogP contribution is -2.32. The van der Waals surface area contributed by atoms with Crippen LogP contribution in [0.3, 0.4) is 0 Å². The number of fused-ring (bicyclic) bond motifs is 1. The molecule has 1 aromatic rings. The van der Waals surface area contributed by atoms with Crippen LogP contribution in [0.25, 0.3) is 0 Å². The van der Waals surface area contributed by atoms with Gasteiger partial charge < -0.3 is 5.32 Å². The molecule has 2 rings (SSSR count). The summed E-state index contributed by atoms with van der Waals surface area (Å²) in [5, 5.41) is 3.32. The standard InChI is InChI=1S/C15H19NO/c1-11(2)7-8-15(17)14-10-16-9-12-5-3-4-6-13(12)14/h3-6,14,16H,1,7-10H2,2H3. The van der Waals surface area contributed by atoms with Gasteiger partial charge in [0.25, 0.3) is 0 Å². The second-order valence-electron chi connectivity index (χ2n) is 4.81. The highest BCUT2D eigenvalue weighted by Gasteiger charge is 2.25. The van der Waals surface area contributed by atoms with Crippen LogP contribution in [0.2, 0.25) is 0 Å². The van der Waals surface area contributed by atoms with Crippen LogP contribution in [0.5, 0.6) is 0 Å². The molecule has 1 N–H and O–H groups in total. The fourth-order valence-corrected chi connectivity index (χ4v) is 2.29. The third-order valence-corrected chi connectivity index (χ3v) is 3.28. The third-order valence-electron chi connectivity index (χ3n) is 3.28. The van der Waals surface area contributed by atoms with Crippen molar-refractivity contribution in [3.8, 4) is 0 Å². The number of benzene rings is 1. The van der Waals surface area contributed by atoms with Gasteiger partial charge in [0.1, 0.15) is 5.78 Å². The highest BCUT2D eigenvalue weighted by molar-refractivity contribution is 5.86. The summed E-state index contributed by atoms with van der Waals surface area (Å²) in [6, 6.07) is 8.23. The zero-order valence-electron chi connectivity index (χ0n) is 10.3. The Morgan fingerprint density at radius 2 is 2.18 bits per heavy atom. The molecule has 1 aromatic carbocycles. The molecule has 0 bridgehead atoms. The fraction of sp³-hybridized carbons (Fsp3) is 0.400. The number of nitrogens with one attached hydrogen (secondary N) is 1. The Hall–Kier alpha value is -1.41. The summed E-state index contributed by atoms with van der Waals surface area (Å²) in [5.74, 6) is 0.354. The van der Waals surface area contributed by atoms with E-state index in [1.807, 2.05) is 19.1 Å². The molecule has 2 nitrogen and oxygen atoms in total. The Bertz CT molecular complexity index is 436. The molecule has 0 saturated carbocycles. The van der Waals surface area contributed by atoms with Gasteiger partial charge >= 0.3 is 0 Å². The first kappa shape index (κ1) is 12.1. The highest BCUT2D eigenvalue weighted by Crippen LogP contribution is 2.26. The zero-order valence-corrected chi connectivity index (χ0v) is 10.3. The minimum Gasteiger partial charge on any atom is -0.312 e. The summed E-state index contributed by atoms with van der Waals surface area (Å²) in [5.41, 5.74) is 3.54. The predicted molar refractivity (Wildman–Crippen MR) is 69.9 cm³/mol. The first-order valence-electron chi connectivity index (χ1n) is 6.14. The van der Waals surface area contributed by atoms with Gasteiger partial charge in [-0.25, -0.2) is 0 Å². The van der Waals surface area contributed by atoms with E-state index in [4.69, 9.17) is 0 Å². The molecular formula is C15H19NO. The average molecular weight is 229 g/mol. The van der Waals surface area contributed by atoms with Crippen molar-refractivity contribution in [3.63, 3.8) is 0 Å². The number of hydrogen-bond donors (Lipinski definition) is 1. The van der Waals surface area contributed by atoms with Crippen LogP contribution in [0.4, 0.5) is 0 Å². The van der Waals surface area contributed by atoms with Gasteiger partial charge in [-0.15, -0.1) is 6.58 Å². The van der Waals surface area contributed by atoms with Gasteiger partial charge in [0.2, 0.25) is 0 Å². The molecular weight excluding hydrogens is 210 g/mol. The summed E-state index contributed by atoms with van der Waals surface area (Å²) in [4.78, 5) is 12.2. The number of ketones is 1. The van der Waals surface area contributed by atoms with Crippen molar-refractivity contribution < 1.29 is 4.79 Å². The minimum atomic E-state index is 0.0271. The quantitative estimate of drug-likeness (QED) is 0.804. The SMILES string of the molecule is C=C(C)CCC(=O)C1CNCc2ccccc21. The van der Waals surface area contributed by atoms with Gasteiger partial charge in [0.15, 0.2) is 0 Å². The van der Waals surface area contributed by atoms with Crippen molar-refractivity contribution >= 4 is 5.78 Å². The summed E-state index contributed by atoms with van der Waals surface area (Å²) >= 11 is 0. The average Bonchev–Trinajstić information content (AvgIpc) is 2.35. The van der Waals surface area contributed by atoms with E-state index < -0.39 is 0 Å². The molecule has 0 aromatic heterocycles. The van der Waals surface area contributed by atoms with Gasteiger partial charge in [-0.1, -0.05) is 29.8 Å². The van der Waals surface area contributed by atoms with E-state index in [2.05, 4.69) is 24.0 Å². The van der Waals surface area contributed by atoms with Gasteiger partial charge in [-0.3, -0.25) is 4.79 Å². The summed E-state index contributed by atoms with van der Waals surface area (Å²) in [6.07, 6.45) is 1.41. The summed E-state index contributed by atoms with van der Waals surface area (Å²) in [7, 11) is 0. The Labute approximate surface area is 103 Å². The van der Waals surface area contributed by atoms with Crippen molar-refractivity contribution in [1.29, 1.82) is 0 Å². The van der Waals surface area contributed by atoms with E-state index in [9.17, 15) is 4.79 Å². The molecule has 1 unspecified atom stereocenters. The van der Waals surface area contributed by atoms with Crippen molar-refractivity contribution in [2.24, 2.45) is 0 Å². The van der Waals surface area contributed by atoms with Crippen molar-refractivity contribution in [2.75, 3.05) is 6.54 Å². The Morgan fingerprint density at radius 1 is 1.41 bits per heavy atom. The van der Waals surface area contributed by atoms with Crippen molar-refractivity contribution in [2.45, 2.75) is 32.2 Å². The molecule has 1 aliphatic heterocycles. The molecule has 0 spiro atoms. The number of carbonyl (C=O) groups excluding carboxylic acids is 1. The Kier molecular flexibility index (Phi) is 3.75. The molecule has 1 heterocycles. The lowest BCUT2D eigenvalue weighted by Gasteiger charge is -2.25. The van der Waals surface area contributed by atoms with E-state index >= 15 is 0 Å². The van der Waals surface area contributed by atoms with Crippen LogP contribution < -0.4 is 5.32 Å². The first-order chi connectivity index (χ1) is 8.18. The van der Waals surface area contributed by atoms with Crippen LogP contribution in [0.15, 0.2) is 36.4 Å². The van der Waals surface area contributed by atoms with E-state index in [1.54, 1.807) is 0 Å². The highest BCUT2D eigenvalue weighted by atomic mass is 16.1. The molecule has 0 aliphatic carbocycles. The minimum absolute atomic E-state index is 0.0271. The summed E-state index contributed by atoms with van der Waals surface area (Å²) in [6.45, 7) is 7.47. The van der Waals surface area contributed by atoms with E-state index in [-0.39, 0.29) is 5.92 Å². The number of rotatable bonds is 4. The number of Topliss-reactive ketones (excluding diaryl/α,β-unsaturated/α-hetero) is 1.